The van der Waals surface area contributed by atoms with E-state index in [1.54, 1.807) is 18.2 Å². The molecule has 1 aromatic heterocycles. The first-order valence-electron chi connectivity index (χ1n) is 5.92. The number of hydrogen-bond donors (Lipinski definition) is 2. The fraction of sp³-hybridized carbons (Fsp3) is 0.231. The molecule has 1 aromatic carbocycles. The summed E-state index contributed by atoms with van der Waals surface area (Å²) in [4.78, 5) is 1.87. The molecule has 0 fully saturated rings. The Labute approximate surface area is 117 Å². The summed E-state index contributed by atoms with van der Waals surface area (Å²) in [5, 5.41) is 8.66. The van der Waals surface area contributed by atoms with Crippen LogP contribution in [0.2, 0.25) is 0 Å². The highest BCUT2D eigenvalue weighted by Crippen LogP contribution is 2.22. The molecule has 6 nitrogen and oxygen atoms in total. The van der Waals surface area contributed by atoms with E-state index in [1.165, 1.54) is 12.1 Å². The number of benzene rings is 1. The van der Waals surface area contributed by atoms with E-state index < -0.39 is 10.0 Å². The Balaban J connectivity index is 2.26. The first kappa shape index (κ1) is 14.4. The van der Waals surface area contributed by atoms with Crippen LogP contribution in [0.15, 0.2) is 45.9 Å². The zero-order chi connectivity index (χ0) is 14.8. The first-order valence-corrected chi connectivity index (χ1v) is 7.40. The Bertz CT molecular complexity index is 692. The highest BCUT2D eigenvalue weighted by Gasteiger charge is 2.19. The number of aliphatic hydroxyl groups is 1. The molecule has 7 heteroatoms. The van der Waals surface area contributed by atoms with Crippen LogP contribution >= 0.6 is 0 Å². The van der Waals surface area contributed by atoms with E-state index in [1.807, 2.05) is 25.1 Å². The van der Waals surface area contributed by atoms with Gasteiger partial charge in [-0.05, 0) is 30.3 Å². The molecule has 0 spiro atoms. The quantitative estimate of drug-likeness (QED) is 0.876. The highest BCUT2D eigenvalue weighted by atomic mass is 32.2. The largest absolute Gasteiger partial charge is 0.445 e. The van der Waals surface area contributed by atoms with Gasteiger partial charge in [0.2, 0.25) is 5.09 Å². The van der Waals surface area contributed by atoms with Crippen LogP contribution in [-0.4, -0.2) is 27.6 Å². The predicted molar refractivity (Wildman–Crippen MR) is 76.2 cm³/mol. The summed E-state index contributed by atoms with van der Waals surface area (Å²) < 4.78 is 31.7. The summed E-state index contributed by atoms with van der Waals surface area (Å²) in [6, 6.07) is 9.73. The van der Waals surface area contributed by atoms with Gasteiger partial charge in [-0.15, -0.1) is 0 Å². The summed E-state index contributed by atoms with van der Waals surface area (Å²) in [5.41, 5.74) is 1.32. The zero-order valence-corrected chi connectivity index (χ0v) is 12.0. The van der Waals surface area contributed by atoms with Gasteiger partial charge in [-0.1, -0.05) is 6.07 Å². The second-order valence-corrected chi connectivity index (χ2v) is 6.04. The molecule has 108 valence electrons. The van der Waals surface area contributed by atoms with Crippen molar-refractivity contribution >= 4 is 21.4 Å². The van der Waals surface area contributed by atoms with Gasteiger partial charge in [-0.2, -0.15) is 8.42 Å². The maximum Gasteiger partial charge on any atom is 0.295 e. The fourth-order valence-corrected chi connectivity index (χ4v) is 2.64. The SMILES string of the molecule is CN(C)c1cccc(NS(=O)(=O)c2ccc(CO)o2)c1. The number of furan rings is 1. The van der Waals surface area contributed by atoms with Crippen molar-refractivity contribution in [3.63, 3.8) is 0 Å². The van der Waals surface area contributed by atoms with Crippen molar-refractivity contribution in [2.24, 2.45) is 0 Å². The van der Waals surface area contributed by atoms with E-state index >= 15 is 0 Å². The Hall–Kier alpha value is -1.99. The number of nitrogens with one attached hydrogen (secondary N) is 1. The topological polar surface area (TPSA) is 82.8 Å². The molecule has 0 bridgehead atoms. The lowest BCUT2D eigenvalue weighted by Gasteiger charge is -2.14. The number of sulfonamides is 1. The van der Waals surface area contributed by atoms with Crippen LogP contribution in [0.3, 0.4) is 0 Å². The molecule has 1 heterocycles. The Morgan fingerprint density at radius 3 is 2.60 bits per heavy atom. The normalized spacial score (nSPS) is 11.3. The summed E-state index contributed by atoms with van der Waals surface area (Å²) in [6.07, 6.45) is 0. The van der Waals surface area contributed by atoms with Gasteiger partial charge in [-0.25, -0.2) is 0 Å². The summed E-state index contributed by atoms with van der Waals surface area (Å²) in [5.74, 6) is 0.201. The van der Waals surface area contributed by atoms with E-state index in [-0.39, 0.29) is 17.5 Å². The molecule has 2 N–H and O–H groups in total. The van der Waals surface area contributed by atoms with E-state index in [4.69, 9.17) is 9.52 Å². The molecule has 0 aliphatic rings. The van der Waals surface area contributed by atoms with Gasteiger partial charge in [0.05, 0.1) is 5.69 Å². The molecule has 2 aromatic rings. The molecular formula is C13H16N2O4S. The smallest absolute Gasteiger partial charge is 0.295 e. The lowest BCUT2D eigenvalue weighted by atomic mass is 10.3. The van der Waals surface area contributed by atoms with Crippen LogP contribution in [0.1, 0.15) is 5.76 Å². The lowest BCUT2D eigenvalue weighted by Crippen LogP contribution is -2.13. The third-order valence-corrected chi connectivity index (χ3v) is 3.93. The maximum atomic E-state index is 12.1. The Morgan fingerprint density at radius 1 is 1.25 bits per heavy atom. The van der Waals surface area contributed by atoms with Crippen LogP contribution in [0, 0.1) is 0 Å². The second-order valence-electron chi connectivity index (χ2n) is 4.43. The molecule has 0 atom stereocenters. The summed E-state index contributed by atoms with van der Waals surface area (Å²) in [6.45, 7) is -0.342. The molecule has 0 radical (unpaired) electrons. The van der Waals surface area contributed by atoms with Crippen molar-refractivity contribution in [2.45, 2.75) is 11.7 Å². The number of rotatable bonds is 5. The van der Waals surface area contributed by atoms with Crippen molar-refractivity contribution in [3.05, 3.63) is 42.2 Å². The maximum absolute atomic E-state index is 12.1. The molecule has 2 rings (SSSR count). The standard InChI is InChI=1S/C13H16N2O4S/c1-15(2)11-5-3-4-10(8-11)14-20(17,18)13-7-6-12(9-16)19-13/h3-8,14,16H,9H2,1-2H3. The van der Waals surface area contributed by atoms with Gasteiger partial charge in [0.25, 0.3) is 10.0 Å². The number of anilines is 2. The zero-order valence-electron chi connectivity index (χ0n) is 11.2. The Morgan fingerprint density at radius 2 is 2.00 bits per heavy atom. The monoisotopic (exact) mass is 296 g/mol. The van der Waals surface area contributed by atoms with Crippen molar-refractivity contribution in [2.75, 3.05) is 23.7 Å². The van der Waals surface area contributed by atoms with Gasteiger partial charge in [0, 0.05) is 19.8 Å². The minimum atomic E-state index is -3.79. The lowest BCUT2D eigenvalue weighted by molar-refractivity contribution is 0.236. The predicted octanol–water partition coefficient (Wildman–Crippen LogP) is 1.64. The van der Waals surface area contributed by atoms with Gasteiger partial charge >= 0.3 is 0 Å². The van der Waals surface area contributed by atoms with E-state index in [9.17, 15) is 8.42 Å². The number of aliphatic hydroxyl groups excluding tert-OH is 1. The summed E-state index contributed by atoms with van der Waals surface area (Å²) >= 11 is 0. The van der Waals surface area contributed by atoms with Gasteiger partial charge in [-0.3, -0.25) is 4.72 Å². The van der Waals surface area contributed by atoms with E-state index in [2.05, 4.69) is 4.72 Å². The van der Waals surface area contributed by atoms with Gasteiger partial charge in [0.15, 0.2) is 0 Å². The van der Waals surface area contributed by atoms with Crippen LogP contribution < -0.4 is 9.62 Å². The van der Waals surface area contributed by atoms with Crippen LogP contribution in [0.5, 0.6) is 0 Å². The molecule has 0 amide bonds. The molecule has 0 unspecified atom stereocenters. The molecule has 20 heavy (non-hydrogen) atoms. The average Bonchev–Trinajstić information content (AvgIpc) is 2.88. The van der Waals surface area contributed by atoms with Crippen molar-refractivity contribution in [3.8, 4) is 0 Å². The van der Waals surface area contributed by atoms with Gasteiger partial charge in [0.1, 0.15) is 12.4 Å². The van der Waals surface area contributed by atoms with Crippen molar-refractivity contribution in [1.82, 2.24) is 0 Å². The Kier molecular flexibility index (Phi) is 4.01. The molecule has 0 saturated carbocycles. The number of nitrogens with zero attached hydrogens (tertiary/aromatic N) is 1. The van der Waals surface area contributed by atoms with E-state index in [0.717, 1.165) is 5.69 Å². The minimum absolute atomic E-state index is 0.201. The third kappa shape index (κ3) is 3.12. The fourth-order valence-electron chi connectivity index (χ4n) is 1.64. The van der Waals surface area contributed by atoms with Crippen LogP contribution in [-0.2, 0) is 16.6 Å². The molecule has 0 aliphatic heterocycles. The first-order chi connectivity index (χ1) is 9.42. The molecule has 0 saturated heterocycles. The number of hydrogen-bond acceptors (Lipinski definition) is 5. The summed E-state index contributed by atoms with van der Waals surface area (Å²) in [7, 11) is -0.0539. The van der Waals surface area contributed by atoms with Crippen LogP contribution in [0.4, 0.5) is 11.4 Å². The van der Waals surface area contributed by atoms with Crippen LogP contribution in [0.25, 0.3) is 0 Å². The molecular weight excluding hydrogens is 280 g/mol. The minimum Gasteiger partial charge on any atom is -0.445 e. The van der Waals surface area contributed by atoms with Gasteiger partial charge < -0.3 is 14.4 Å². The van der Waals surface area contributed by atoms with Crippen molar-refractivity contribution < 1.29 is 17.9 Å². The second kappa shape index (κ2) is 5.56. The van der Waals surface area contributed by atoms with E-state index in [0.29, 0.717) is 5.69 Å². The highest BCUT2D eigenvalue weighted by molar-refractivity contribution is 7.92. The third-order valence-electron chi connectivity index (χ3n) is 2.67. The average molecular weight is 296 g/mol. The molecule has 0 aliphatic carbocycles. The van der Waals surface area contributed by atoms with Crippen molar-refractivity contribution in [1.29, 1.82) is 0 Å².